The summed E-state index contributed by atoms with van der Waals surface area (Å²) in [5, 5.41) is 20.5. The molecule has 0 aliphatic rings. The zero-order valence-corrected chi connectivity index (χ0v) is 20.0. The SMILES string of the molecule is C[C@H](Cl)CN(Cc1cc(CN(C[C@@H](C)Cl)C[C@@H](C)Cl)c(O)cc1O)C[C@@H](C)Cl. The first kappa shape index (κ1) is 25.9. The highest BCUT2D eigenvalue weighted by Gasteiger charge is 2.18. The molecule has 0 spiro atoms. The van der Waals surface area contributed by atoms with E-state index in [-0.39, 0.29) is 33.0 Å². The van der Waals surface area contributed by atoms with Crippen LogP contribution in [-0.2, 0) is 13.1 Å². The van der Waals surface area contributed by atoms with Crippen LogP contribution in [0.5, 0.6) is 11.5 Å². The Morgan fingerprint density at radius 3 is 1.18 bits per heavy atom. The summed E-state index contributed by atoms with van der Waals surface area (Å²) in [4.78, 5) is 4.20. The summed E-state index contributed by atoms with van der Waals surface area (Å²) in [6, 6.07) is 3.23. The number of hydrogen-bond donors (Lipinski definition) is 2. The first-order valence-electron chi connectivity index (χ1n) is 9.52. The van der Waals surface area contributed by atoms with E-state index >= 15 is 0 Å². The second-order valence-electron chi connectivity index (χ2n) is 7.62. The van der Waals surface area contributed by atoms with E-state index in [1.165, 1.54) is 6.07 Å². The van der Waals surface area contributed by atoms with Gasteiger partial charge in [0.1, 0.15) is 11.5 Å². The third-order valence-corrected chi connectivity index (χ3v) is 4.66. The summed E-state index contributed by atoms with van der Waals surface area (Å²) in [7, 11) is 0. The Kier molecular flexibility index (Phi) is 11.6. The lowest BCUT2D eigenvalue weighted by atomic mass is 10.1. The van der Waals surface area contributed by atoms with Gasteiger partial charge in [0.15, 0.2) is 0 Å². The lowest BCUT2D eigenvalue weighted by Gasteiger charge is -2.27. The lowest BCUT2D eigenvalue weighted by molar-refractivity contribution is 0.260. The van der Waals surface area contributed by atoms with Crippen molar-refractivity contribution < 1.29 is 10.2 Å². The maximum atomic E-state index is 10.3. The van der Waals surface area contributed by atoms with E-state index in [4.69, 9.17) is 46.4 Å². The van der Waals surface area contributed by atoms with Gasteiger partial charge in [0, 0.05) is 78.0 Å². The summed E-state index contributed by atoms with van der Waals surface area (Å²) in [5.41, 5.74) is 1.44. The number of phenols is 2. The van der Waals surface area contributed by atoms with Crippen molar-refractivity contribution in [2.75, 3.05) is 26.2 Å². The summed E-state index contributed by atoms with van der Waals surface area (Å²) in [6.45, 7) is 11.3. The highest BCUT2D eigenvalue weighted by Crippen LogP contribution is 2.30. The van der Waals surface area contributed by atoms with E-state index in [1.807, 2.05) is 33.8 Å². The summed E-state index contributed by atoms with van der Waals surface area (Å²) in [5.74, 6) is 0.109. The first-order chi connectivity index (χ1) is 13.0. The van der Waals surface area contributed by atoms with E-state index < -0.39 is 0 Å². The molecule has 0 saturated heterocycles. The zero-order valence-electron chi connectivity index (χ0n) is 17.0. The van der Waals surface area contributed by atoms with E-state index in [0.29, 0.717) is 39.3 Å². The Balaban J connectivity index is 3.05. The molecule has 162 valence electrons. The van der Waals surface area contributed by atoms with Gasteiger partial charge in [0.05, 0.1) is 0 Å². The van der Waals surface area contributed by atoms with Crippen LogP contribution in [0, 0.1) is 0 Å². The monoisotopic (exact) mass is 472 g/mol. The van der Waals surface area contributed by atoms with Gasteiger partial charge in [0.25, 0.3) is 0 Å². The number of aromatic hydroxyl groups is 2. The Labute approximate surface area is 189 Å². The van der Waals surface area contributed by atoms with Crippen molar-refractivity contribution in [3.8, 4) is 11.5 Å². The fourth-order valence-corrected chi connectivity index (χ4v) is 4.02. The molecule has 0 heterocycles. The maximum Gasteiger partial charge on any atom is 0.123 e. The molecule has 0 amide bonds. The predicted octanol–water partition coefficient (Wildman–Crippen LogP) is 5.21. The highest BCUT2D eigenvalue weighted by molar-refractivity contribution is 6.21. The van der Waals surface area contributed by atoms with Gasteiger partial charge in [-0.25, -0.2) is 0 Å². The van der Waals surface area contributed by atoms with Crippen molar-refractivity contribution in [3.63, 3.8) is 0 Å². The number of nitrogens with zero attached hydrogens (tertiary/aromatic N) is 2. The molecule has 0 aliphatic carbocycles. The standard InChI is InChI=1S/C20H32Cl4N2O2/c1-13(21)7-25(8-14(2)22)11-17-5-18(20(28)6-19(17)27)12-26(9-15(3)23)10-16(4)24/h5-6,13-16,27-28H,7-12H2,1-4H3/t13-,14-,15-,16+/m1/s1. The minimum absolute atomic E-state index is 0.0416. The van der Waals surface area contributed by atoms with Gasteiger partial charge >= 0.3 is 0 Å². The molecule has 28 heavy (non-hydrogen) atoms. The Morgan fingerprint density at radius 2 is 0.929 bits per heavy atom. The second-order valence-corrected chi connectivity index (χ2v) is 10.6. The topological polar surface area (TPSA) is 46.9 Å². The first-order valence-corrected chi connectivity index (χ1v) is 11.3. The van der Waals surface area contributed by atoms with Crippen LogP contribution in [0.4, 0.5) is 0 Å². The molecule has 8 heteroatoms. The molecule has 0 unspecified atom stereocenters. The van der Waals surface area contributed by atoms with Crippen LogP contribution < -0.4 is 0 Å². The molecule has 0 aliphatic heterocycles. The van der Waals surface area contributed by atoms with Crippen molar-refractivity contribution in [1.29, 1.82) is 0 Å². The zero-order chi connectivity index (χ0) is 21.4. The van der Waals surface area contributed by atoms with Crippen LogP contribution in [-0.4, -0.2) is 67.7 Å². The summed E-state index contributed by atoms with van der Waals surface area (Å²) >= 11 is 24.7. The molecule has 4 nitrogen and oxygen atoms in total. The molecule has 1 rings (SSSR count). The van der Waals surface area contributed by atoms with E-state index in [9.17, 15) is 10.2 Å². The third kappa shape index (κ3) is 10.1. The molecule has 0 radical (unpaired) electrons. The van der Waals surface area contributed by atoms with Gasteiger partial charge in [-0.05, 0) is 33.8 Å². The minimum Gasteiger partial charge on any atom is -0.507 e. The quantitative estimate of drug-likeness (QED) is 0.409. The second kappa shape index (κ2) is 12.6. The number of phenolic OH excluding ortho intramolecular Hbond substituents is 2. The van der Waals surface area contributed by atoms with Crippen LogP contribution in [0.2, 0.25) is 0 Å². The molecular formula is C20H32Cl4N2O2. The average Bonchev–Trinajstić information content (AvgIpc) is 2.49. The fourth-order valence-electron chi connectivity index (χ4n) is 3.24. The number of hydrogen-bond acceptors (Lipinski definition) is 4. The number of alkyl halides is 4. The van der Waals surface area contributed by atoms with Crippen LogP contribution in [0.3, 0.4) is 0 Å². The van der Waals surface area contributed by atoms with Gasteiger partial charge in [-0.3, -0.25) is 9.80 Å². The van der Waals surface area contributed by atoms with E-state index in [0.717, 1.165) is 11.1 Å². The van der Waals surface area contributed by atoms with Crippen molar-refractivity contribution >= 4 is 46.4 Å². The molecule has 1 aromatic carbocycles. The van der Waals surface area contributed by atoms with Crippen molar-refractivity contribution in [1.82, 2.24) is 9.80 Å². The molecule has 4 atom stereocenters. The van der Waals surface area contributed by atoms with Gasteiger partial charge in [0.2, 0.25) is 0 Å². The van der Waals surface area contributed by atoms with Crippen LogP contribution in [0.15, 0.2) is 12.1 Å². The molecule has 0 aromatic heterocycles. The van der Waals surface area contributed by atoms with Crippen LogP contribution in [0.25, 0.3) is 0 Å². The van der Waals surface area contributed by atoms with Gasteiger partial charge in [-0.15, -0.1) is 46.4 Å². The Hall–Kier alpha value is -0.100. The number of benzene rings is 1. The van der Waals surface area contributed by atoms with Crippen LogP contribution in [0.1, 0.15) is 38.8 Å². The van der Waals surface area contributed by atoms with Crippen molar-refractivity contribution in [3.05, 3.63) is 23.3 Å². The summed E-state index contributed by atoms with van der Waals surface area (Å²) in [6.07, 6.45) is 0. The van der Waals surface area contributed by atoms with Gasteiger partial charge in [-0.1, -0.05) is 0 Å². The molecule has 0 saturated carbocycles. The van der Waals surface area contributed by atoms with Gasteiger partial charge in [-0.2, -0.15) is 0 Å². The van der Waals surface area contributed by atoms with E-state index in [1.54, 1.807) is 0 Å². The third-order valence-electron chi connectivity index (χ3n) is 4.11. The molecule has 2 N–H and O–H groups in total. The summed E-state index contributed by atoms with van der Waals surface area (Å²) < 4.78 is 0. The molecule has 0 bridgehead atoms. The number of rotatable bonds is 12. The highest BCUT2D eigenvalue weighted by atomic mass is 35.5. The lowest BCUT2D eigenvalue weighted by Crippen LogP contribution is -2.33. The maximum absolute atomic E-state index is 10.3. The van der Waals surface area contributed by atoms with Crippen LogP contribution >= 0.6 is 46.4 Å². The van der Waals surface area contributed by atoms with Gasteiger partial charge < -0.3 is 10.2 Å². The van der Waals surface area contributed by atoms with Crippen molar-refractivity contribution in [2.45, 2.75) is 62.3 Å². The largest absolute Gasteiger partial charge is 0.507 e. The minimum atomic E-state index is -0.0416. The predicted molar refractivity (Wildman–Crippen MR) is 122 cm³/mol. The molecule has 0 fully saturated rings. The molecular weight excluding hydrogens is 442 g/mol. The van der Waals surface area contributed by atoms with Crippen molar-refractivity contribution in [2.24, 2.45) is 0 Å². The Morgan fingerprint density at radius 1 is 0.643 bits per heavy atom. The average molecular weight is 474 g/mol. The smallest absolute Gasteiger partial charge is 0.123 e. The fraction of sp³-hybridized carbons (Fsp3) is 0.700. The van der Waals surface area contributed by atoms with E-state index in [2.05, 4.69) is 9.80 Å². The normalized spacial score (nSPS) is 16.4. The Bertz CT molecular complexity index is 531. The molecule has 1 aromatic rings. The number of halogens is 4.